The minimum Gasteiger partial charge on any atom is -0.438 e. The van der Waals surface area contributed by atoms with Crippen LogP contribution in [0.2, 0.25) is 0 Å². The normalized spacial score (nSPS) is 11.8. The molecule has 0 unspecified atom stereocenters. The molecule has 1 aromatic carbocycles. The van der Waals surface area contributed by atoms with Gasteiger partial charge in [-0.3, -0.25) is 0 Å². The molecule has 3 nitrogen and oxygen atoms in total. The largest absolute Gasteiger partial charge is 0.438 e. The highest BCUT2D eigenvalue weighted by atomic mass is 16.5. The number of rotatable bonds is 3. The van der Waals surface area contributed by atoms with Crippen LogP contribution in [0.1, 0.15) is 25.2 Å². The zero-order chi connectivity index (χ0) is 12.5. The van der Waals surface area contributed by atoms with Crippen molar-refractivity contribution in [3.05, 3.63) is 41.8 Å². The number of hydrogen-bond donors (Lipinski definition) is 0. The lowest BCUT2D eigenvalue weighted by Gasteiger charge is -2.18. The molecule has 0 bridgehead atoms. The van der Waals surface area contributed by atoms with E-state index >= 15 is 0 Å². The number of nitrogens with zero attached hydrogens (tertiary/aromatic N) is 1. The van der Waals surface area contributed by atoms with Gasteiger partial charge in [0.2, 0.25) is 5.89 Å². The molecule has 1 aromatic heterocycles. The first-order valence-corrected chi connectivity index (χ1v) is 5.61. The summed E-state index contributed by atoms with van der Waals surface area (Å²) in [4.78, 5) is 4.28. The fraction of sp³-hybridized carbons (Fsp3) is 0.357. The average Bonchev–Trinajstić information content (AvgIpc) is 2.80. The molecule has 0 N–H and O–H groups in total. The van der Waals surface area contributed by atoms with Crippen molar-refractivity contribution in [2.24, 2.45) is 0 Å². The van der Waals surface area contributed by atoms with Crippen LogP contribution in [0.5, 0.6) is 0 Å². The Hall–Kier alpha value is -1.61. The number of aromatic nitrogens is 1. The lowest BCUT2D eigenvalue weighted by Crippen LogP contribution is -2.18. The molecule has 0 aliphatic rings. The topological polar surface area (TPSA) is 35.3 Å². The van der Waals surface area contributed by atoms with Gasteiger partial charge in [-0.05, 0) is 32.9 Å². The van der Waals surface area contributed by atoms with Crippen molar-refractivity contribution >= 4 is 0 Å². The van der Waals surface area contributed by atoms with E-state index in [1.807, 2.05) is 38.1 Å². The first-order valence-electron chi connectivity index (χ1n) is 5.61. The maximum atomic E-state index is 5.73. The minimum absolute atomic E-state index is 0.448. The molecule has 0 aliphatic heterocycles. The quantitative estimate of drug-likeness (QED) is 0.810. The van der Waals surface area contributed by atoms with Crippen molar-refractivity contribution in [1.29, 1.82) is 0 Å². The van der Waals surface area contributed by atoms with Crippen LogP contribution in [-0.2, 0) is 10.3 Å². The standard InChI is InChI=1S/C14H17NO2/c1-10-5-7-11(8-6-10)13-15-9-12(17-13)14(2,3)16-4/h5-9H,1-4H3. The summed E-state index contributed by atoms with van der Waals surface area (Å²) < 4.78 is 11.1. The first kappa shape index (κ1) is 11.9. The summed E-state index contributed by atoms with van der Waals surface area (Å²) in [6, 6.07) is 8.09. The van der Waals surface area contributed by atoms with E-state index in [-0.39, 0.29) is 0 Å². The van der Waals surface area contributed by atoms with E-state index in [9.17, 15) is 0 Å². The van der Waals surface area contributed by atoms with Gasteiger partial charge in [-0.15, -0.1) is 0 Å². The average molecular weight is 231 g/mol. The molecule has 17 heavy (non-hydrogen) atoms. The number of methoxy groups -OCH3 is 1. The monoisotopic (exact) mass is 231 g/mol. The SMILES string of the molecule is COC(C)(C)c1cnc(-c2ccc(C)cc2)o1. The van der Waals surface area contributed by atoms with Crippen LogP contribution in [0.25, 0.3) is 11.5 Å². The molecule has 2 aromatic rings. The summed E-state index contributed by atoms with van der Waals surface area (Å²) in [7, 11) is 1.66. The molecule has 3 heteroatoms. The van der Waals surface area contributed by atoms with E-state index in [4.69, 9.17) is 9.15 Å². The third-order valence-electron chi connectivity index (χ3n) is 2.91. The van der Waals surface area contributed by atoms with Crippen molar-refractivity contribution in [3.63, 3.8) is 0 Å². The molecule has 0 radical (unpaired) electrons. The number of benzene rings is 1. The van der Waals surface area contributed by atoms with Crippen LogP contribution >= 0.6 is 0 Å². The predicted molar refractivity (Wildman–Crippen MR) is 66.7 cm³/mol. The minimum atomic E-state index is -0.448. The fourth-order valence-electron chi connectivity index (χ4n) is 1.48. The lowest BCUT2D eigenvalue weighted by molar-refractivity contribution is 0.00139. The van der Waals surface area contributed by atoms with Gasteiger partial charge in [-0.2, -0.15) is 0 Å². The summed E-state index contributed by atoms with van der Waals surface area (Å²) in [5.41, 5.74) is 1.75. The summed E-state index contributed by atoms with van der Waals surface area (Å²) in [6.45, 7) is 5.96. The number of hydrogen-bond acceptors (Lipinski definition) is 3. The van der Waals surface area contributed by atoms with Crippen LogP contribution in [0, 0.1) is 6.92 Å². The molecule has 0 fully saturated rings. The zero-order valence-electron chi connectivity index (χ0n) is 10.7. The van der Waals surface area contributed by atoms with Gasteiger partial charge in [-0.1, -0.05) is 17.7 Å². The zero-order valence-corrected chi connectivity index (χ0v) is 10.7. The molecule has 0 spiro atoms. The van der Waals surface area contributed by atoms with Gasteiger partial charge < -0.3 is 9.15 Å². The second-order valence-corrected chi connectivity index (χ2v) is 4.61. The van der Waals surface area contributed by atoms with Gasteiger partial charge >= 0.3 is 0 Å². The van der Waals surface area contributed by atoms with E-state index in [0.29, 0.717) is 5.89 Å². The van der Waals surface area contributed by atoms with E-state index in [0.717, 1.165) is 11.3 Å². The van der Waals surface area contributed by atoms with Gasteiger partial charge in [0, 0.05) is 12.7 Å². The molecule has 0 aliphatic carbocycles. The molecule has 0 amide bonds. The van der Waals surface area contributed by atoms with E-state index in [2.05, 4.69) is 11.9 Å². The first-order chi connectivity index (χ1) is 8.03. The highest BCUT2D eigenvalue weighted by molar-refractivity contribution is 5.53. The fourth-order valence-corrected chi connectivity index (χ4v) is 1.48. The van der Waals surface area contributed by atoms with Crippen LogP contribution in [0.4, 0.5) is 0 Å². The number of ether oxygens (including phenoxy) is 1. The molecule has 1 heterocycles. The lowest BCUT2D eigenvalue weighted by atomic mass is 10.1. The molecule has 0 atom stereocenters. The van der Waals surface area contributed by atoms with E-state index in [1.165, 1.54) is 5.56 Å². The number of oxazole rings is 1. The summed E-state index contributed by atoms with van der Waals surface area (Å²) >= 11 is 0. The Balaban J connectivity index is 2.33. The Morgan fingerprint density at radius 2 is 1.82 bits per heavy atom. The molecular formula is C14H17NO2. The Morgan fingerprint density at radius 1 is 1.18 bits per heavy atom. The molecule has 0 saturated heterocycles. The van der Waals surface area contributed by atoms with Crippen LogP contribution in [0.15, 0.2) is 34.9 Å². The summed E-state index contributed by atoms with van der Waals surface area (Å²) in [5, 5.41) is 0. The van der Waals surface area contributed by atoms with Crippen LogP contribution < -0.4 is 0 Å². The maximum absolute atomic E-state index is 5.73. The van der Waals surface area contributed by atoms with Crippen LogP contribution in [-0.4, -0.2) is 12.1 Å². The van der Waals surface area contributed by atoms with Gasteiger partial charge in [0.05, 0.1) is 6.20 Å². The summed E-state index contributed by atoms with van der Waals surface area (Å²) in [6.07, 6.45) is 1.72. The Bertz CT molecular complexity index is 497. The highest BCUT2D eigenvalue weighted by Gasteiger charge is 2.24. The predicted octanol–water partition coefficient (Wildman–Crippen LogP) is 3.53. The van der Waals surface area contributed by atoms with Gasteiger partial charge in [0.1, 0.15) is 5.60 Å². The Morgan fingerprint density at radius 3 is 2.41 bits per heavy atom. The van der Waals surface area contributed by atoms with Gasteiger partial charge in [0.25, 0.3) is 0 Å². The van der Waals surface area contributed by atoms with Crippen molar-refractivity contribution in [2.75, 3.05) is 7.11 Å². The molecule has 2 rings (SSSR count). The van der Waals surface area contributed by atoms with E-state index in [1.54, 1.807) is 13.3 Å². The van der Waals surface area contributed by atoms with Crippen molar-refractivity contribution in [3.8, 4) is 11.5 Å². The van der Waals surface area contributed by atoms with Gasteiger partial charge in [-0.25, -0.2) is 4.98 Å². The smallest absolute Gasteiger partial charge is 0.226 e. The Labute approximate surface area is 101 Å². The molecule has 90 valence electrons. The third-order valence-corrected chi connectivity index (χ3v) is 2.91. The van der Waals surface area contributed by atoms with Crippen molar-refractivity contribution < 1.29 is 9.15 Å². The van der Waals surface area contributed by atoms with Crippen LogP contribution in [0.3, 0.4) is 0 Å². The molecule has 0 saturated carbocycles. The van der Waals surface area contributed by atoms with E-state index < -0.39 is 5.60 Å². The highest BCUT2D eigenvalue weighted by Crippen LogP contribution is 2.28. The van der Waals surface area contributed by atoms with Crippen molar-refractivity contribution in [2.45, 2.75) is 26.4 Å². The second kappa shape index (κ2) is 4.34. The van der Waals surface area contributed by atoms with Crippen molar-refractivity contribution in [1.82, 2.24) is 4.98 Å². The molecular weight excluding hydrogens is 214 g/mol. The Kier molecular flexibility index (Phi) is 3.03. The summed E-state index contributed by atoms with van der Waals surface area (Å²) in [5.74, 6) is 1.36. The van der Waals surface area contributed by atoms with Gasteiger partial charge in [0.15, 0.2) is 5.76 Å². The third kappa shape index (κ3) is 2.39. The number of aryl methyl sites for hydroxylation is 1. The second-order valence-electron chi connectivity index (χ2n) is 4.61. The maximum Gasteiger partial charge on any atom is 0.226 e.